The van der Waals surface area contributed by atoms with E-state index in [0.717, 1.165) is 89.9 Å². The van der Waals surface area contributed by atoms with E-state index in [2.05, 4.69) is 12.2 Å². The van der Waals surface area contributed by atoms with Crippen LogP contribution in [-0.2, 0) is 19.1 Å². The summed E-state index contributed by atoms with van der Waals surface area (Å²) < 4.78 is 42.7. The average Bonchev–Trinajstić information content (AvgIpc) is 2.82. The number of carboxylic acid groups (broad SMARTS) is 1. The van der Waals surface area contributed by atoms with Gasteiger partial charge < -0.3 is 15.2 Å². The van der Waals surface area contributed by atoms with Crippen molar-refractivity contribution >= 4 is 17.8 Å². The lowest BCUT2D eigenvalue weighted by atomic mass is 10.0. The van der Waals surface area contributed by atoms with Crippen LogP contribution in [0.5, 0.6) is 0 Å². The van der Waals surface area contributed by atoms with Gasteiger partial charge in [0.15, 0.2) is 0 Å². The summed E-state index contributed by atoms with van der Waals surface area (Å²) in [5, 5.41) is 11.1. The zero-order valence-corrected chi connectivity index (χ0v) is 22.8. The van der Waals surface area contributed by atoms with Crippen molar-refractivity contribution in [2.45, 2.75) is 154 Å². The minimum atomic E-state index is -4.94. The fourth-order valence-electron chi connectivity index (χ4n) is 4.28. The zero-order valence-electron chi connectivity index (χ0n) is 22.8. The van der Waals surface area contributed by atoms with E-state index in [0.29, 0.717) is 19.3 Å². The molecule has 2 N–H and O–H groups in total. The number of hydrogen-bond donors (Lipinski definition) is 2. The molecule has 0 saturated carbocycles. The van der Waals surface area contributed by atoms with E-state index in [9.17, 15) is 27.6 Å². The summed E-state index contributed by atoms with van der Waals surface area (Å²) in [5.41, 5.74) is 0. The van der Waals surface area contributed by atoms with E-state index in [1.165, 1.54) is 19.3 Å². The Labute approximate surface area is 221 Å². The van der Waals surface area contributed by atoms with Crippen LogP contribution in [0.2, 0.25) is 0 Å². The van der Waals surface area contributed by atoms with Gasteiger partial charge in [-0.1, -0.05) is 96.8 Å². The third-order valence-corrected chi connectivity index (χ3v) is 6.48. The first-order valence-corrected chi connectivity index (χ1v) is 14.4. The van der Waals surface area contributed by atoms with Gasteiger partial charge in [0.05, 0.1) is 6.42 Å². The molecule has 0 aromatic rings. The standard InChI is InChI=1S/C28H50F3NO5/c1-2-3-4-5-10-13-16-19-24(37-27(36)28(29,30)31)20-17-14-11-8-6-7-9-12-15-18-21-25(33)32-23-22-26(34)35/h24H,2-23H2,1H3,(H,32,33)(H,34,35)/t24-/m1/s1. The number of carboxylic acids is 1. The second-order valence-corrected chi connectivity index (χ2v) is 10.0. The van der Waals surface area contributed by atoms with E-state index < -0.39 is 24.2 Å². The fourth-order valence-corrected chi connectivity index (χ4v) is 4.28. The first-order chi connectivity index (χ1) is 17.7. The minimum absolute atomic E-state index is 0.0584. The van der Waals surface area contributed by atoms with Crippen LogP contribution in [0, 0.1) is 0 Å². The number of carbonyl (C=O) groups is 3. The summed E-state index contributed by atoms with van der Waals surface area (Å²) in [6.07, 6.45) is 13.3. The molecule has 0 aromatic heterocycles. The van der Waals surface area contributed by atoms with Crippen LogP contribution in [0.15, 0.2) is 0 Å². The Hall–Kier alpha value is -1.80. The predicted molar refractivity (Wildman–Crippen MR) is 139 cm³/mol. The Morgan fingerprint density at radius 1 is 0.703 bits per heavy atom. The molecule has 0 saturated heterocycles. The van der Waals surface area contributed by atoms with E-state index in [4.69, 9.17) is 9.84 Å². The number of unbranched alkanes of at least 4 members (excludes halogenated alkanes) is 15. The summed E-state index contributed by atoms with van der Waals surface area (Å²) in [7, 11) is 0. The monoisotopic (exact) mass is 537 g/mol. The zero-order chi connectivity index (χ0) is 27.8. The molecular formula is C28H50F3NO5. The Balaban J connectivity index is 3.82. The Bertz CT molecular complexity index is 599. The molecule has 0 aliphatic rings. The highest BCUT2D eigenvalue weighted by atomic mass is 19.4. The largest absolute Gasteiger partial charge is 0.490 e. The van der Waals surface area contributed by atoms with Gasteiger partial charge in [0.2, 0.25) is 5.91 Å². The van der Waals surface area contributed by atoms with Gasteiger partial charge in [0.25, 0.3) is 0 Å². The number of hydrogen-bond acceptors (Lipinski definition) is 4. The molecule has 218 valence electrons. The molecule has 0 heterocycles. The van der Waals surface area contributed by atoms with Gasteiger partial charge >= 0.3 is 18.1 Å². The maximum atomic E-state index is 12.6. The lowest BCUT2D eigenvalue weighted by Gasteiger charge is -2.19. The molecule has 0 radical (unpaired) electrons. The van der Waals surface area contributed by atoms with Gasteiger partial charge in [-0.15, -0.1) is 0 Å². The summed E-state index contributed by atoms with van der Waals surface area (Å²) >= 11 is 0. The highest BCUT2D eigenvalue weighted by Gasteiger charge is 2.42. The van der Waals surface area contributed by atoms with Crippen molar-refractivity contribution in [2.75, 3.05) is 6.54 Å². The molecule has 0 fully saturated rings. The summed E-state index contributed by atoms with van der Waals surface area (Å²) in [6.45, 7) is 2.33. The van der Waals surface area contributed by atoms with E-state index in [-0.39, 0.29) is 18.9 Å². The first kappa shape index (κ1) is 35.2. The molecule has 37 heavy (non-hydrogen) atoms. The molecule has 1 amide bonds. The van der Waals surface area contributed by atoms with Crippen LogP contribution in [0.25, 0.3) is 0 Å². The molecule has 9 heteroatoms. The summed E-state index contributed by atoms with van der Waals surface area (Å²) in [4.78, 5) is 33.3. The van der Waals surface area contributed by atoms with Crippen molar-refractivity contribution in [2.24, 2.45) is 0 Å². The summed E-state index contributed by atoms with van der Waals surface area (Å²) in [5.74, 6) is -3.09. The summed E-state index contributed by atoms with van der Waals surface area (Å²) in [6, 6.07) is 0. The van der Waals surface area contributed by atoms with Crippen molar-refractivity contribution in [3.63, 3.8) is 0 Å². The number of ether oxygens (including phenoxy) is 1. The number of nitrogens with one attached hydrogen (secondary N) is 1. The van der Waals surface area contributed by atoms with Gasteiger partial charge in [-0.3, -0.25) is 9.59 Å². The maximum absolute atomic E-state index is 12.6. The molecule has 0 bridgehead atoms. The second kappa shape index (κ2) is 23.3. The number of halogens is 3. The van der Waals surface area contributed by atoms with Gasteiger partial charge in [-0.2, -0.15) is 13.2 Å². The minimum Gasteiger partial charge on any atom is -0.481 e. The number of amides is 1. The van der Waals surface area contributed by atoms with Crippen LogP contribution >= 0.6 is 0 Å². The molecule has 6 nitrogen and oxygen atoms in total. The predicted octanol–water partition coefficient (Wildman–Crippen LogP) is 7.87. The molecule has 1 atom stereocenters. The third-order valence-electron chi connectivity index (χ3n) is 6.48. The molecule has 0 aliphatic carbocycles. The lowest BCUT2D eigenvalue weighted by Crippen LogP contribution is -2.30. The van der Waals surface area contributed by atoms with Crippen LogP contribution < -0.4 is 5.32 Å². The second-order valence-electron chi connectivity index (χ2n) is 10.0. The molecular weight excluding hydrogens is 487 g/mol. The van der Waals surface area contributed by atoms with Gasteiger partial charge in [0.1, 0.15) is 6.10 Å². The number of carbonyl (C=O) groups excluding carboxylic acids is 2. The van der Waals surface area contributed by atoms with Crippen LogP contribution in [-0.4, -0.2) is 41.8 Å². The fraction of sp³-hybridized carbons (Fsp3) is 0.893. The highest BCUT2D eigenvalue weighted by molar-refractivity contribution is 5.76. The van der Waals surface area contributed by atoms with Crippen molar-refractivity contribution in [1.29, 1.82) is 0 Å². The number of alkyl halides is 3. The van der Waals surface area contributed by atoms with Gasteiger partial charge in [-0.05, 0) is 32.1 Å². The topological polar surface area (TPSA) is 92.7 Å². The quantitative estimate of drug-likeness (QED) is 0.0913. The maximum Gasteiger partial charge on any atom is 0.490 e. The van der Waals surface area contributed by atoms with Gasteiger partial charge in [0, 0.05) is 13.0 Å². The van der Waals surface area contributed by atoms with E-state index in [1.54, 1.807) is 0 Å². The van der Waals surface area contributed by atoms with Crippen LogP contribution in [0.3, 0.4) is 0 Å². The molecule has 0 spiro atoms. The van der Waals surface area contributed by atoms with Crippen LogP contribution in [0.4, 0.5) is 13.2 Å². The van der Waals surface area contributed by atoms with Crippen LogP contribution in [0.1, 0.15) is 142 Å². The molecule has 0 aromatic carbocycles. The van der Waals surface area contributed by atoms with Crippen molar-refractivity contribution < 1.29 is 37.4 Å². The van der Waals surface area contributed by atoms with Crippen molar-refractivity contribution in [3.05, 3.63) is 0 Å². The normalized spacial score (nSPS) is 12.3. The average molecular weight is 538 g/mol. The smallest absolute Gasteiger partial charge is 0.481 e. The van der Waals surface area contributed by atoms with Crippen molar-refractivity contribution in [1.82, 2.24) is 5.32 Å². The SMILES string of the molecule is CCCCCCCCC[C@H](CCCCCCCCCCCCC(=O)NCCC(=O)O)OC(=O)C(F)(F)F. The van der Waals surface area contributed by atoms with E-state index in [1.807, 2.05) is 0 Å². The first-order valence-electron chi connectivity index (χ1n) is 14.4. The molecule has 0 rings (SSSR count). The van der Waals surface area contributed by atoms with E-state index >= 15 is 0 Å². The van der Waals surface area contributed by atoms with Crippen molar-refractivity contribution in [3.8, 4) is 0 Å². The number of esters is 1. The third kappa shape index (κ3) is 24.3. The Kier molecular flexibility index (Phi) is 22.2. The Morgan fingerprint density at radius 2 is 1.14 bits per heavy atom. The number of rotatable bonds is 25. The number of aliphatic carboxylic acids is 1. The molecule has 0 unspecified atom stereocenters. The Morgan fingerprint density at radius 3 is 1.57 bits per heavy atom. The lowest BCUT2D eigenvalue weighted by molar-refractivity contribution is -0.205. The van der Waals surface area contributed by atoms with Gasteiger partial charge in [-0.25, -0.2) is 4.79 Å². The highest BCUT2D eigenvalue weighted by Crippen LogP contribution is 2.22. The molecule has 0 aliphatic heterocycles.